The molecule has 1 atom stereocenters. The summed E-state index contributed by atoms with van der Waals surface area (Å²) in [7, 11) is 0. The highest BCUT2D eigenvalue weighted by molar-refractivity contribution is 9.10. The number of amides is 1. The molecule has 1 saturated heterocycles. The molecule has 1 unspecified atom stereocenters. The van der Waals surface area contributed by atoms with Gasteiger partial charge in [-0.15, -0.1) is 0 Å². The number of carbonyl (C=O) groups excluding carboxylic acids is 1. The standard InChI is InChI=1S/C18H17BrN2O/c19-14-8-6-13(7-9-14)12-21-11-3-10-18(21)15-4-1-2-5-16(15)20-17(18)22/h1-2,4-9H,3,10-12H2,(H,20,22). The first kappa shape index (κ1) is 14.0. The average Bonchev–Trinajstić information content (AvgIpc) is 3.06. The van der Waals surface area contributed by atoms with Crippen LogP contribution in [-0.4, -0.2) is 17.4 Å². The lowest BCUT2D eigenvalue weighted by Gasteiger charge is -2.33. The van der Waals surface area contributed by atoms with Gasteiger partial charge < -0.3 is 5.32 Å². The zero-order valence-electron chi connectivity index (χ0n) is 12.2. The predicted molar refractivity (Wildman–Crippen MR) is 90.5 cm³/mol. The molecule has 0 saturated carbocycles. The van der Waals surface area contributed by atoms with Crippen LogP contribution in [0.3, 0.4) is 0 Å². The molecule has 1 spiro atoms. The van der Waals surface area contributed by atoms with Gasteiger partial charge >= 0.3 is 0 Å². The van der Waals surface area contributed by atoms with Crippen molar-refractivity contribution in [3.8, 4) is 0 Å². The molecule has 0 aromatic heterocycles. The van der Waals surface area contributed by atoms with Crippen LogP contribution in [0, 0.1) is 0 Å². The predicted octanol–water partition coefficient (Wildman–Crippen LogP) is 3.89. The Morgan fingerprint density at radius 3 is 2.73 bits per heavy atom. The number of benzene rings is 2. The molecule has 2 aromatic carbocycles. The minimum Gasteiger partial charge on any atom is -0.324 e. The number of hydrogen-bond donors (Lipinski definition) is 1. The van der Waals surface area contributed by atoms with Crippen LogP contribution in [0.2, 0.25) is 0 Å². The van der Waals surface area contributed by atoms with Crippen LogP contribution in [0.25, 0.3) is 0 Å². The van der Waals surface area contributed by atoms with Crippen LogP contribution in [0.15, 0.2) is 53.0 Å². The van der Waals surface area contributed by atoms with Gasteiger partial charge in [0, 0.05) is 22.3 Å². The van der Waals surface area contributed by atoms with E-state index in [9.17, 15) is 4.79 Å². The van der Waals surface area contributed by atoms with Crippen LogP contribution in [0.5, 0.6) is 0 Å². The number of likely N-dealkylation sites (tertiary alicyclic amines) is 1. The molecule has 1 fully saturated rings. The summed E-state index contributed by atoms with van der Waals surface area (Å²) in [5.41, 5.74) is 2.86. The lowest BCUT2D eigenvalue weighted by Crippen LogP contribution is -2.46. The fraction of sp³-hybridized carbons (Fsp3) is 0.278. The monoisotopic (exact) mass is 356 g/mol. The molecular formula is C18H17BrN2O. The number of halogens is 1. The summed E-state index contributed by atoms with van der Waals surface area (Å²) in [6.07, 6.45) is 1.95. The van der Waals surface area contributed by atoms with Crippen LogP contribution in [0.4, 0.5) is 5.69 Å². The number of carbonyl (C=O) groups is 1. The maximum absolute atomic E-state index is 12.7. The number of hydrogen-bond acceptors (Lipinski definition) is 2. The summed E-state index contributed by atoms with van der Waals surface area (Å²) in [4.78, 5) is 15.1. The maximum Gasteiger partial charge on any atom is 0.249 e. The highest BCUT2D eigenvalue weighted by atomic mass is 79.9. The van der Waals surface area contributed by atoms with Gasteiger partial charge in [-0.1, -0.05) is 46.3 Å². The minimum atomic E-state index is -0.482. The van der Waals surface area contributed by atoms with Crippen molar-refractivity contribution in [2.24, 2.45) is 0 Å². The largest absolute Gasteiger partial charge is 0.324 e. The van der Waals surface area contributed by atoms with Crippen molar-refractivity contribution in [2.75, 3.05) is 11.9 Å². The third-order valence-electron chi connectivity index (χ3n) is 4.79. The fourth-order valence-corrected chi connectivity index (χ4v) is 4.03. The molecule has 2 aliphatic heterocycles. The summed E-state index contributed by atoms with van der Waals surface area (Å²) < 4.78 is 1.08. The Morgan fingerprint density at radius 2 is 1.91 bits per heavy atom. The summed E-state index contributed by atoms with van der Waals surface area (Å²) in [5.74, 6) is 0.128. The molecule has 2 aromatic rings. The zero-order valence-corrected chi connectivity index (χ0v) is 13.8. The minimum absolute atomic E-state index is 0.128. The Bertz CT molecular complexity index is 728. The number of nitrogens with zero attached hydrogens (tertiary/aromatic N) is 1. The van der Waals surface area contributed by atoms with Crippen molar-refractivity contribution in [1.82, 2.24) is 4.90 Å². The molecular weight excluding hydrogens is 340 g/mol. The van der Waals surface area contributed by atoms with E-state index in [2.05, 4.69) is 56.5 Å². The van der Waals surface area contributed by atoms with Gasteiger partial charge in [-0.2, -0.15) is 0 Å². The van der Waals surface area contributed by atoms with Crippen molar-refractivity contribution in [3.63, 3.8) is 0 Å². The maximum atomic E-state index is 12.7. The molecule has 2 aliphatic rings. The second kappa shape index (κ2) is 5.21. The van der Waals surface area contributed by atoms with Gasteiger partial charge in [-0.05, 0) is 43.1 Å². The topological polar surface area (TPSA) is 32.3 Å². The van der Waals surface area contributed by atoms with E-state index in [1.165, 1.54) is 5.56 Å². The van der Waals surface area contributed by atoms with E-state index in [0.717, 1.165) is 41.7 Å². The Hall–Kier alpha value is -1.65. The van der Waals surface area contributed by atoms with Crippen molar-refractivity contribution in [2.45, 2.75) is 24.9 Å². The van der Waals surface area contributed by atoms with E-state index in [1.54, 1.807) is 0 Å². The van der Waals surface area contributed by atoms with Gasteiger partial charge in [-0.3, -0.25) is 9.69 Å². The molecule has 3 nitrogen and oxygen atoms in total. The van der Waals surface area contributed by atoms with Crippen LogP contribution >= 0.6 is 15.9 Å². The summed E-state index contributed by atoms with van der Waals surface area (Å²) in [5, 5.41) is 3.07. The first-order valence-electron chi connectivity index (χ1n) is 7.60. The van der Waals surface area contributed by atoms with E-state index in [1.807, 2.05) is 18.2 Å². The normalized spacial score (nSPS) is 23.8. The molecule has 1 N–H and O–H groups in total. The molecule has 4 rings (SSSR count). The molecule has 0 aliphatic carbocycles. The van der Waals surface area contributed by atoms with Gasteiger partial charge in [0.25, 0.3) is 0 Å². The molecule has 0 bridgehead atoms. The van der Waals surface area contributed by atoms with E-state index >= 15 is 0 Å². The smallest absolute Gasteiger partial charge is 0.249 e. The van der Waals surface area contributed by atoms with Crippen LogP contribution in [0.1, 0.15) is 24.0 Å². The van der Waals surface area contributed by atoms with Crippen LogP contribution < -0.4 is 5.32 Å². The zero-order chi connectivity index (χ0) is 15.2. The third kappa shape index (κ3) is 2.02. The Kier molecular flexibility index (Phi) is 3.31. The SMILES string of the molecule is O=C1Nc2ccccc2C12CCCN2Cc1ccc(Br)cc1. The number of fused-ring (bicyclic) bond motifs is 2. The van der Waals surface area contributed by atoms with Gasteiger partial charge in [0.2, 0.25) is 5.91 Å². The molecule has 4 heteroatoms. The van der Waals surface area contributed by atoms with Crippen LogP contribution in [-0.2, 0) is 16.9 Å². The fourth-order valence-electron chi connectivity index (χ4n) is 3.76. The van der Waals surface area contributed by atoms with E-state index in [-0.39, 0.29) is 5.91 Å². The lowest BCUT2D eigenvalue weighted by atomic mass is 9.88. The molecule has 0 radical (unpaired) electrons. The molecule has 112 valence electrons. The summed E-state index contributed by atoms with van der Waals surface area (Å²) in [6.45, 7) is 1.76. The van der Waals surface area contributed by atoms with E-state index < -0.39 is 5.54 Å². The van der Waals surface area contributed by atoms with Crippen molar-refractivity contribution in [3.05, 3.63) is 64.1 Å². The van der Waals surface area contributed by atoms with Gasteiger partial charge in [-0.25, -0.2) is 0 Å². The summed E-state index contributed by atoms with van der Waals surface area (Å²) >= 11 is 3.47. The van der Waals surface area contributed by atoms with Gasteiger partial charge in [0.15, 0.2) is 0 Å². The lowest BCUT2D eigenvalue weighted by molar-refractivity contribution is -0.126. The molecule has 22 heavy (non-hydrogen) atoms. The van der Waals surface area contributed by atoms with Gasteiger partial charge in [0.05, 0.1) is 0 Å². The second-order valence-electron chi connectivity index (χ2n) is 6.01. The third-order valence-corrected chi connectivity index (χ3v) is 5.32. The highest BCUT2D eigenvalue weighted by Gasteiger charge is 2.53. The number of anilines is 1. The van der Waals surface area contributed by atoms with Gasteiger partial charge in [0.1, 0.15) is 5.54 Å². The number of rotatable bonds is 2. The number of para-hydroxylation sites is 1. The van der Waals surface area contributed by atoms with Crippen molar-refractivity contribution in [1.29, 1.82) is 0 Å². The number of nitrogens with one attached hydrogen (secondary N) is 1. The quantitative estimate of drug-likeness (QED) is 0.884. The van der Waals surface area contributed by atoms with E-state index in [0.29, 0.717) is 0 Å². The van der Waals surface area contributed by atoms with Crippen molar-refractivity contribution < 1.29 is 4.79 Å². The summed E-state index contributed by atoms with van der Waals surface area (Å²) in [6, 6.07) is 16.4. The average molecular weight is 357 g/mol. The van der Waals surface area contributed by atoms with E-state index in [4.69, 9.17) is 0 Å². The Morgan fingerprint density at radius 1 is 1.14 bits per heavy atom. The molecule has 2 heterocycles. The highest BCUT2D eigenvalue weighted by Crippen LogP contribution is 2.47. The first-order valence-corrected chi connectivity index (χ1v) is 8.40. The Balaban J connectivity index is 1.71. The second-order valence-corrected chi connectivity index (χ2v) is 6.93. The van der Waals surface area contributed by atoms with Crippen molar-refractivity contribution >= 4 is 27.5 Å². The molecule has 1 amide bonds. The Labute approximate surface area is 138 Å². The first-order chi connectivity index (χ1) is 10.7.